The van der Waals surface area contributed by atoms with Crippen LogP contribution in [0.4, 0.5) is 0 Å². The fraction of sp³-hybridized carbons (Fsp3) is 0.750. The van der Waals surface area contributed by atoms with Crippen molar-refractivity contribution in [1.29, 1.82) is 0 Å². The van der Waals surface area contributed by atoms with Crippen molar-refractivity contribution in [3.8, 4) is 0 Å². The summed E-state index contributed by atoms with van der Waals surface area (Å²) in [5, 5.41) is 0. The van der Waals surface area contributed by atoms with Gasteiger partial charge in [0, 0.05) is 7.11 Å². The molecule has 0 amide bonds. The molecule has 0 radical (unpaired) electrons. The van der Waals surface area contributed by atoms with Crippen LogP contribution in [0.3, 0.4) is 0 Å². The van der Waals surface area contributed by atoms with Crippen LogP contribution < -0.4 is 0 Å². The van der Waals surface area contributed by atoms with E-state index in [1.807, 2.05) is 0 Å². The minimum absolute atomic E-state index is 0.431. The average Bonchev–Trinajstić information content (AvgIpc) is 2.31. The van der Waals surface area contributed by atoms with Gasteiger partial charge >= 0.3 is 0 Å². The molecule has 0 aromatic heterocycles. The molecule has 1 aliphatic carbocycles. The van der Waals surface area contributed by atoms with Crippen molar-refractivity contribution >= 4 is 6.47 Å². The Morgan fingerprint density at radius 3 is 2.20 bits per heavy atom. The number of hydrogen-bond acceptors (Lipinski definition) is 3. The standard InChI is InChI=1S/C9H16O.C3H6O2/c1-3-8-4-6-9(10-2)7-5-8;1-2-5-3-4/h3,8-9H,1,4-7H2,2H3;3H,2H2,1H3. The van der Waals surface area contributed by atoms with Crippen molar-refractivity contribution in [3.05, 3.63) is 12.7 Å². The van der Waals surface area contributed by atoms with E-state index in [1.54, 1.807) is 14.0 Å². The number of hydrogen-bond donors (Lipinski definition) is 0. The molecule has 1 aliphatic rings. The molecule has 88 valence electrons. The molecule has 0 N–H and O–H groups in total. The number of ether oxygens (including phenoxy) is 2. The molecule has 0 unspecified atom stereocenters. The molecule has 0 aromatic carbocycles. The zero-order valence-corrected chi connectivity index (χ0v) is 9.78. The third-order valence-electron chi connectivity index (χ3n) is 2.62. The topological polar surface area (TPSA) is 35.5 Å². The maximum Gasteiger partial charge on any atom is 0.293 e. The lowest BCUT2D eigenvalue weighted by Crippen LogP contribution is -2.18. The van der Waals surface area contributed by atoms with Crippen LogP contribution in [-0.4, -0.2) is 26.3 Å². The molecule has 0 bridgehead atoms. The van der Waals surface area contributed by atoms with Crippen LogP contribution in [0.25, 0.3) is 0 Å². The van der Waals surface area contributed by atoms with Gasteiger partial charge in [-0.25, -0.2) is 0 Å². The van der Waals surface area contributed by atoms with Gasteiger partial charge in [-0.3, -0.25) is 4.79 Å². The smallest absolute Gasteiger partial charge is 0.293 e. The third-order valence-corrected chi connectivity index (χ3v) is 2.62. The first-order valence-corrected chi connectivity index (χ1v) is 5.49. The Morgan fingerprint density at radius 1 is 1.33 bits per heavy atom. The molecule has 0 heterocycles. The van der Waals surface area contributed by atoms with Gasteiger partial charge in [0.1, 0.15) is 0 Å². The Kier molecular flexibility index (Phi) is 9.18. The maximum absolute atomic E-state index is 9.18. The molecule has 0 aliphatic heterocycles. The second kappa shape index (κ2) is 9.71. The minimum atomic E-state index is 0.431. The van der Waals surface area contributed by atoms with E-state index in [4.69, 9.17) is 4.74 Å². The van der Waals surface area contributed by atoms with Gasteiger partial charge < -0.3 is 9.47 Å². The van der Waals surface area contributed by atoms with Gasteiger partial charge in [-0.15, -0.1) is 6.58 Å². The molecule has 0 spiro atoms. The van der Waals surface area contributed by atoms with Crippen molar-refractivity contribution in [1.82, 2.24) is 0 Å². The first-order valence-electron chi connectivity index (χ1n) is 5.49. The Hall–Kier alpha value is -0.830. The first kappa shape index (κ1) is 14.2. The highest BCUT2D eigenvalue weighted by molar-refractivity contribution is 5.36. The monoisotopic (exact) mass is 214 g/mol. The van der Waals surface area contributed by atoms with Crippen LogP contribution in [0, 0.1) is 5.92 Å². The molecular weight excluding hydrogens is 192 g/mol. The highest BCUT2D eigenvalue weighted by Gasteiger charge is 2.17. The van der Waals surface area contributed by atoms with Crippen LogP contribution in [-0.2, 0) is 14.3 Å². The summed E-state index contributed by atoms with van der Waals surface area (Å²) in [5.41, 5.74) is 0. The SMILES string of the molecule is C=CC1CCC(OC)CC1.CCOC=O. The van der Waals surface area contributed by atoms with E-state index in [2.05, 4.69) is 17.4 Å². The Bertz CT molecular complexity index is 160. The molecule has 3 nitrogen and oxygen atoms in total. The van der Waals surface area contributed by atoms with Crippen molar-refractivity contribution in [3.63, 3.8) is 0 Å². The van der Waals surface area contributed by atoms with Crippen molar-refractivity contribution in [2.75, 3.05) is 13.7 Å². The minimum Gasteiger partial charge on any atom is -0.468 e. The predicted molar refractivity (Wildman–Crippen MR) is 60.6 cm³/mol. The highest BCUT2D eigenvalue weighted by Crippen LogP contribution is 2.25. The van der Waals surface area contributed by atoms with Gasteiger partial charge in [0.2, 0.25) is 0 Å². The number of methoxy groups -OCH3 is 1. The summed E-state index contributed by atoms with van der Waals surface area (Å²) < 4.78 is 9.40. The Balaban J connectivity index is 0.000000336. The van der Waals surface area contributed by atoms with Crippen molar-refractivity contribution in [2.45, 2.75) is 38.7 Å². The molecular formula is C12H22O3. The average molecular weight is 214 g/mol. The summed E-state index contributed by atoms with van der Waals surface area (Å²) >= 11 is 0. The number of rotatable bonds is 4. The predicted octanol–water partition coefficient (Wildman–Crippen LogP) is 2.56. The quantitative estimate of drug-likeness (QED) is 0.533. The molecule has 15 heavy (non-hydrogen) atoms. The van der Waals surface area contributed by atoms with Gasteiger partial charge in [-0.1, -0.05) is 6.08 Å². The lowest BCUT2D eigenvalue weighted by atomic mass is 9.88. The second-order valence-electron chi connectivity index (χ2n) is 3.56. The fourth-order valence-corrected chi connectivity index (χ4v) is 1.63. The zero-order valence-electron chi connectivity index (χ0n) is 9.78. The van der Waals surface area contributed by atoms with Crippen molar-refractivity contribution < 1.29 is 14.3 Å². The Labute approximate surface area is 92.5 Å². The molecule has 1 rings (SSSR count). The summed E-state index contributed by atoms with van der Waals surface area (Å²) in [5.74, 6) is 0.756. The molecule has 0 saturated heterocycles. The normalized spacial score (nSPS) is 24.7. The van der Waals surface area contributed by atoms with Gasteiger partial charge in [-0.2, -0.15) is 0 Å². The van der Waals surface area contributed by atoms with Gasteiger partial charge in [0.15, 0.2) is 0 Å². The first-order chi connectivity index (χ1) is 7.28. The van der Waals surface area contributed by atoms with Crippen LogP contribution >= 0.6 is 0 Å². The molecule has 0 aromatic rings. The summed E-state index contributed by atoms with van der Waals surface area (Å²) in [6.07, 6.45) is 7.56. The molecule has 0 atom stereocenters. The van der Waals surface area contributed by atoms with Crippen molar-refractivity contribution in [2.24, 2.45) is 5.92 Å². The van der Waals surface area contributed by atoms with Crippen LogP contribution in [0.1, 0.15) is 32.6 Å². The lowest BCUT2D eigenvalue weighted by Gasteiger charge is -2.25. The van der Waals surface area contributed by atoms with Gasteiger partial charge in [0.05, 0.1) is 12.7 Å². The summed E-state index contributed by atoms with van der Waals surface area (Å²) in [7, 11) is 1.80. The number of carbonyl (C=O) groups excluding carboxylic acids is 1. The van der Waals surface area contributed by atoms with Crippen LogP contribution in [0.2, 0.25) is 0 Å². The lowest BCUT2D eigenvalue weighted by molar-refractivity contribution is -0.128. The third kappa shape index (κ3) is 7.14. The van der Waals surface area contributed by atoms with E-state index in [1.165, 1.54) is 25.7 Å². The van der Waals surface area contributed by atoms with Gasteiger partial charge in [-0.05, 0) is 38.5 Å². The Morgan fingerprint density at radius 2 is 1.93 bits per heavy atom. The van der Waals surface area contributed by atoms with Gasteiger partial charge in [0.25, 0.3) is 6.47 Å². The maximum atomic E-state index is 9.18. The largest absolute Gasteiger partial charge is 0.468 e. The zero-order chi connectivity index (χ0) is 11.5. The summed E-state index contributed by atoms with van der Waals surface area (Å²) in [4.78, 5) is 9.18. The fourth-order valence-electron chi connectivity index (χ4n) is 1.63. The number of carbonyl (C=O) groups is 1. The summed E-state index contributed by atoms with van der Waals surface area (Å²) in [6, 6.07) is 0. The molecule has 1 fully saturated rings. The van der Waals surface area contributed by atoms with Crippen LogP contribution in [0.5, 0.6) is 0 Å². The van der Waals surface area contributed by atoms with E-state index < -0.39 is 0 Å². The van der Waals surface area contributed by atoms with E-state index in [-0.39, 0.29) is 0 Å². The van der Waals surface area contributed by atoms with E-state index in [0.717, 1.165) is 5.92 Å². The van der Waals surface area contributed by atoms with E-state index in [9.17, 15) is 4.79 Å². The number of allylic oxidation sites excluding steroid dienone is 1. The van der Waals surface area contributed by atoms with E-state index >= 15 is 0 Å². The summed E-state index contributed by atoms with van der Waals surface area (Å²) in [6.45, 7) is 6.46. The molecule has 3 heteroatoms. The highest BCUT2D eigenvalue weighted by atomic mass is 16.5. The van der Waals surface area contributed by atoms with E-state index in [0.29, 0.717) is 19.2 Å². The second-order valence-corrected chi connectivity index (χ2v) is 3.56. The molecule has 1 saturated carbocycles. The van der Waals surface area contributed by atoms with Crippen LogP contribution in [0.15, 0.2) is 12.7 Å².